The number of oxime groups is 1. The molecule has 0 spiro atoms. The van der Waals surface area contributed by atoms with Crippen molar-refractivity contribution in [3.8, 4) is 5.75 Å². The van der Waals surface area contributed by atoms with Crippen LogP contribution in [0.5, 0.6) is 5.75 Å². The first kappa shape index (κ1) is 18.5. The third-order valence-corrected chi connectivity index (χ3v) is 5.90. The number of nitrogens with one attached hydrogen (secondary N) is 1. The van der Waals surface area contributed by atoms with Crippen molar-refractivity contribution >= 4 is 17.5 Å². The molecule has 1 aromatic carbocycles. The molecule has 2 N–H and O–H groups in total. The summed E-state index contributed by atoms with van der Waals surface area (Å²) in [5, 5.41) is 17.8. The van der Waals surface area contributed by atoms with Gasteiger partial charge in [-0.05, 0) is 18.9 Å². The summed E-state index contributed by atoms with van der Waals surface area (Å²) in [5.74, 6) is 1.84. The van der Waals surface area contributed by atoms with E-state index in [0.29, 0.717) is 12.6 Å². The van der Waals surface area contributed by atoms with Crippen LogP contribution in [0.1, 0.15) is 44.1 Å². The zero-order valence-electron chi connectivity index (χ0n) is 14.9. The summed E-state index contributed by atoms with van der Waals surface area (Å²) in [5.41, 5.74) is 2.01. The number of methoxy groups -OCH3 is 1. The van der Waals surface area contributed by atoms with Crippen LogP contribution in [0.2, 0.25) is 0 Å². The second-order valence-corrected chi connectivity index (χ2v) is 7.77. The van der Waals surface area contributed by atoms with Gasteiger partial charge in [-0.3, -0.25) is 0 Å². The molecule has 0 aromatic heterocycles. The average Bonchev–Trinajstić information content (AvgIpc) is 2.67. The molecule has 1 unspecified atom stereocenters. The third-order valence-electron chi connectivity index (χ3n) is 4.78. The lowest BCUT2D eigenvalue weighted by molar-refractivity contribution is 0.0380. The Morgan fingerprint density at radius 2 is 2.16 bits per heavy atom. The fourth-order valence-corrected chi connectivity index (χ4v) is 4.54. The summed E-state index contributed by atoms with van der Waals surface area (Å²) in [4.78, 5) is 6.58. The van der Waals surface area contributed by atoms with Crippen LogP contribution in [-0.4, -0.2) is 49.0 Å². The summed E-state index contributed by atoms with van der Waals surface area (Å²) >= 11 is 1.79. The molecule has 1 aliphatic carbocycles. The second kappa shape index (κ2) is 9.46. The van der Waals surface area contributed by atoms with E-state index in [-0.39, 0.29) is 6.61 Å². The number of aliphatic hydroxyl groups excluding tert-OH is 1. The predicted molar refractivity (Wildman–Crippen MR) is 102 cm³/mol. The molecule has 5 nitrogen and oxygen atoms in total. The van der Waals surface area contributed by atoms with E-state index in [1.165, 1.54) is 32.1 Å². The molecule has 0 saturated heterocycles. The van der Waals surface area contributed by atoms with Crippen molar-refractivity contribution in [1.29, 1.82) is 0 Å². The lowest BCUT2D eigenvalue weighted by Crippen LogP contribution is -2.38. The number of thioether (sulfide) groups is 1. The lowest BCUT2D eigenvalue weighted by Gasteiger charge is -2.24. The van der Waals surface area contributed by atoms with Crippen molar-refractivity contribution < 1.29 is 14.7 Å². The zero-order valence-corrected chi connectivity index (χ0v) is 15.7. The maximum Gasteiger partial charge on any atom is 0.144 e. The first-order chi connectivity index (χ1) is 12.3. The number of fused-ring (bicyclic) bond motifs is 1. The van der Waals surface area contributed by atoms with Gasteiger partial charge in [0.2, 0.25) is 0 Å². The number of hydrogen-bond acceptors (Lipinski definition) is 6. The summed E-state index contributed by atoms with van der Waals surface area (Å²) in [7, 11) is 1.69. The topological polar surface area (TPSA) is 63.1 Å². The fourth-order valence-electron chi connectivity index (χ4n) is 3.40. The molecular weight excluding hydrogens is 336 g/mol. The highest BCUT2D eigenvalue weighted by Crippen LogP contribution is 2.37. The molecule has 0 bridgehead atoms. The zero-order chi connectivity index (χ0) is 17.5. The lowest BCUT2D eigenvalue weighted by atomic mass is 9.95. The van der Waals surface area contributed by atoms with Crippen LogP contribution in [0.3, 0.4) is 0 Å². The first-order valence-electron chi connectivity index (χ1n) is 9.18. The summed E-state index contributed by atoms with van der Waals surface area (Å²) in [6.07, 6.45) is 6.68. The first-order valence-corrected chi connectivity index (χ1v) is 10.2. The van der Waals surface area contributed by atoms with Crippen LogP contribution in [0.25, 0.3) is 0 Å². The van der Waals surface area contributed by atoms with Crippen molar-refractivity contribution in [3.63, 3.8) is 0 Å². The molecule has 138 valence electrons. The van der Waals surface area contributed by atoms with E-state index in [1.54, 1.807) is 18.9 Å². The van der Waals surface area contributed by atoms with Crippen LogP contribution in [0.4, 0.5) is 0 Å². The van der Waals surface area contributed by atoms with Crippen LogP contribution < -0.4 is 10.1 Å². The fraction of sp³-hybridized carbons (Fsp3) is 0.632. The molecule has 0 amide bonds. The smallest absolute Gasteiger partial charge is 0.144 e. The Hall–Kier alpha value is -1.24. The second-order valence-electron chi connectivity index (χ2n) is 6.67. The van der Waals surface area contributed by atoms with E-state index >= 15 is 0 Å². The van der Waals surface area contributed by atoms with Gasteiger partial charge in [-0.25, -0.2) is 0 Å². The molecule has 25 heavy (non-hydrogen) atoms. The van der Waals surface area contributed by atoms with Crippen molar-refractivity contribution in [3.05, 3.63) is 23.8 Å². The molecular formula is C19H28N2O3S. The Balaban J connectivity index is 1.49. The van der Waals surface area contributed by atoms with Gasteiger partial charge >= 0.3 is 0 Å². The molecule has 1 aliphatic heterocycles. The summed E-state index contributed by atoms with van der Waals surface area (Å²) in [6.45, 7) is 0.783. The Morgan fingerprint density at radius 3 is 2.96 bits per heavy atom. The minimum Gasteiger partial charge on any atom is -0.496 e. The average molecular weight is 365 g/mol. The number of nitrogens with zero attached hydrogens (tertiary/aromatic N) is 1. The molecule has 3 rings (SSSR count). The minimum atomic E-state index is -0.533. The van der Waals surface area contributed by atoms with Crippen molar-refractivity contribution in [1.82, 2.24) is 5.32 Å². The number of benzene rings is 1. The Morgan fingerprint density at radius 1 is 1.32 bits per heavy atom. The normalized spacial score (nSPS) is 21.0. The Kier molecular flexibility index (Phi) is 7.02. The van der Waals surface area contributed by atoms with Gasteiger partial charge in [-0.1, -0.05) is 36.6 Å². The summed E-state index contributed by atoms with van der Waals surface area (Å²) in [6, 6.07) is 6.54. The monoisotopic (exact) mass is 364 g/mol. The highest BCUT2D eigenvalue weighted by Gasteiger charge is 2.20. The molecule has 1 heterocycles. The van der Waals surface area contributed by atoms with E-state index in [2.05, 4.69) is 10.5 Å². The van der Waals surface area contributed by atoms with Crippen LogP contribution in [0, 0.1) is 0 Å². The van der Waals surface area contributed by atoms with Crippen LogP contribution in [0.15, 0.2) is 28.3 Å². The van der Waals surface area contributed by atoms with E-state index in [1.807, 2.05) is 18.2 Å². The predicted octanol–water partition coefficient (Wildman–Crippen LogP) is 3.19. The minimum absolute atomic E-state index is 0.218. The highest BCUT2D eigenvalue weighted by molar-refractivity contribution is 7.99. The molecule has 6 heteroatoms. The SMILES string of the molecule is COc1cccc2c1SCC/C2=N\OCC(O)CNC1CCCCC1. The standard InChI is InChI=1S/C19H28N2O3S/c1-23-18-9-5-8-16-17(10-11-25-19(16)18)21-24-13-15(22)12-20-14-6-3-2-4-7-14/h5,8-9,14-15,20,22H,2-4,6-7,10-13H2,1H3/b21-17+. The maximum atomic E-state index is 10.1. The molecule has 1 aromatic rings. The van der Waals surface area contributed by atoms with Crippen molar-refractivity contribution in [2.45, 2.75) is 55.6 Å². The van der Waals surface area contributed by atoms with Gasteiger partial charge in [0, 0.05) is 30.3 Å². The van der Waals surface area contributed by atoms with Crippen LogP contribution >= 0.6 is 11.8 Å². The number of hydrogen-bond donors (Lipinski definition) is 2. The van der Waals surface area contributed by atoms with Gasteiger partial charge in [-0.2, -0.15) is 0 Å². The van der Waals surface area contributed by atoms with E-state index in [9.17, 15) is 5.11 Å². The Bertz CT molecular complexity index is 588. The Labute approximate surface area is 154 Å². The third kappa shape index (κ3) is 5.12. The van der Waals surface area contributed by atoms with Crippen molar-refractivity contribution in [2.75, 3.05) is 26.0 Å². The van der Waals surface area contributed by atoms with Gasteiger partial charge in [0.1, 0.15) is 18.5 Å². The van der Waals surface area contributed by atoms with Gasteiger partial charge in [0.05, 0.1) is 17.7 Å². The van der Waals surface area contributed by atoms with E-state index < -0.39 is 6.10 Å². The number of rotatable bonds is 7. The molecule has 1 saturated carbocycles. The van der Waals surface area contributed by atoms with Gasteiger partial charge < -0.3 is 20.0 Å². The van der Waals surface area contributed by atoms with E-state index in [4.69, 9.17) is 9.57 Å². The van der Waals surface area contributed by atoms with Gasteiger partial charge in [0.25, 0.3) is 0 Å². The number of aliphatic hydroxyl groups is 1. The quantitative estimate of drug-likeness (QED) is 0.728. The highest BCUT2D eigenvalue weighted by atomic mass is 32.2. The van der Waals surface area contributed by atoms with Gasteiger partial charge in [-0.15, -0.1) is 11.8 Å². The molecule has 2 aliphatic rings. The molecule has 1 fully saturated rings. The van der Waals surface area contributed by atoms with E-state index in [0.717, 1.165) is 34.1 Å². The van der Waals surface area contributed by atoms with Crippen molar-refractivity contribution in [2.24, 2.45) is 5.16 Å². The maximum absolute atomic E-state index is 10.1. The largest absolute Gasteiger partial charge is 0.496 e. The molecule has 0 radical (unpaired) electrons. The molecule has 1 atom stereocenters. The number of ether oxygens (including phenoxy) is 1. The van der Waals surface area contributed by atoms with Gasteiger partial charge in [0.15, 0.2) is 0 Å². The summed E-state index contributed by atoms with van der Waals surface area (Å²) < 4.78 is 5.43. The van der Waals surface area contributed by atoms with Crippen LogP contribution in [-0.2, 0) is 4.84 Å².